The molecular formula is C21H27FN2O3S. The summed E-state index contributed by atoms with van der Waals surface area (Å²) < 4.78 is 24.4. The quantitative estimate of drug-likeness (QED) is 0.631. The van der Waals surface area contributed by atoms with E-state index in [0.29, 0.717) is 31.9 Å². The van der Waals surface area contributed by atoms with Crippen LogP contribution in [0.4, 0.5) is 4.39 Å². The van der Waals surface area contributed by atoms with E-state index < -0.39 is 6.10 Å². The second-order valence-corrected chi connectivity index (χ2v) is 8.02. The van der Waals surface area contributed by atoms with E-state index in [2.05, 4.69) is 11.0 Å². The van der Waals surface area contributed by atoms with Gasteiger partial charge in [-0.3, -0.25) is 9.69 Å². The van der Waals surface area contributed by atoms with Crippen molar-refractivity contribution in [3.8, 4) is 10.4 Å². The van der Waals surface area contributed by atoms with Gasteiger partial charge in [0, 0.05) is 55.2 Å². The van der Waals surface area contributed by atoms with E-state index in [1.54, 1.807) is 31.4 Å². The Labute approximate surface area is 169 Å². The molecule has 5 nitrogen and oxygen atoms in total. The highest BCUT2D eigenvalue weighted by atomic mass is 32.1. The van der Waals surface area contributed by atoms with E-state index >= 15 is 0 Å². The predicted molar refractivity (Wildman–Crippen MR) is 109 cm³/mol. The predicted octanol–water partition coefficient (Wildman–Crippen LogP) is 3.25. The third-order valence-corrected chi connectivity index (χ3v) is 5.97. The Bertz CT molecular complexity index is 775. The van der Waals surface area contributed by atoms with Gasteiger partial charge in [0.05, 0.1) is 13.2 Å². The first-order valence-corrected chi connectivity index (χ1v) is 10.4. The first kappa shape index (κ1) is 20.9. The summed E-state index contributed by atoms with van der Waals surface area (Å²) in [6.07, 6.45) is -0.442. The van der Waals surface area contributed by atoms with Crippen LogP contribution < -0.4 is 0 Å². The minimum Gasteiger partial charge on any atom is -0.382 e. The minimum atomic E-state index is -0.442. The molecule has 7 heteroatoms. The van der Waals surface area contributed by atoms with Gasteiger partial charge in [0.15, 0.2) is 0 Å². The first-order valence-electron chi connectivity index (χ1n) is 9.54. The number of rotatable bonds is 8. The molecule has 0 saturated carbocycles. The molecule has 0 N–H and O–H groups in total. The lowest BCUT2D eigenvalue weighted by molar-refractivity contribution is -0.145. The summed E-state index contributed by atoms with van der Waals surface area (Å²) in [5.41, 5.74) is 0.650. The molecule has 0 radical (unpaired) electrons. The van der Waals surface area contributed by atoms with Gasteiger partial charge >= 0.3 is 0 Å². The molecule has 0 aliphatic carbocycles. The molecule has 1 aliphatic heterocycles. The molecule has 2 heterocycles. The van der Waals surface area contributed by atoms with Crippen LogP contribution in [0, 0.1) is 5.82 Å². The molecule has 0 spiro atoms. The molecule has 1 unspecified atom stereocenters. The number of hydrogen-bond donors (Lipinski definition) is 0. The molecule has 1 aromatic heterocycles. The van der Waals surface area contributed by atoms with Gasteiger partial charge in [-0.2, -0.15) is 0 Å². The van der Waals surface area contributed by atoms with Gasteiger partial charge in [0.1, 0.15) is 11.9 Å². The number of halogens is 1. The Kier molecular flexibility index (Phi) is 7.56. The van der Waals surface area contributed by atoms with E-state index in [0.717, 1.165) is 24.5 Å². The highest BCUT2D eigenvalue weighted by Crippen LogP contribution is 2.30. The Hall–Kier alpha value is -1.80. The van der Waals surface area contributed by atoms with Crippen LogP contribution in [0.3, 0.4) is 0 Å². The zero-order valence-electron chi connectivity index (χ0n) is 16.4. The monoisotopic (exact) mass is 406 g/mol. The normalized spacial score (nSPS) is 16.3. The molecule has 1 atom stereocenters. The van der Waals surface area contributed by atoms with Crippen LogP contribution >= 0.6 is 11.3 Å². The number of piperazine rings is 1. The molecule has 1 amide bonds. The number of benzene rings is 1. The van der Waals surface area contributed by atoms with Crippen LogP contribution in [0.15, 0.2) is 36.4 Å². The standard InChI is InChI=1S/C21H27FN2O3S/c1-16(27-14-13-26-2)21(25)24-11-9-23(10-12-24)15-17-7-8-20(28-17)18-5-3-4-6-19(18)22/h3-8,16H,9-15H2,1-2H3. The molecular weight excluding hydrogens is 379 g/mol. The number of carbonyl (C=O) groups is 1. The van der Waals surface area contributed by atoms with Gasteiger partial charge in [-0.1, -0.05) is 18.2 Å². The van der Waals surface area contributed by atoms with Crippen molar-refractivity contribution < 1.29 is 18.7 Å². The van der Waals surface area contributed by atoms with Crippen LogP contribution in [0.2, 0.25) is 0 Å². The summed E-state index contributed by atoms with van der Waals surface area (Å²) >= 11 is 1.62. The van der Waals surface area contributed by atoms with E-state index in [1.165, 1.54) is 10.9 Å². The Morgan fingerprint density at radius 2 is 1.89 bits per heavy atom. The van der Waals surface area contributed by atoms with E-state index in [1.807, 2.05) is 23.1 Å². The van der Waals surface area contributed by atoms with E-state index in [-0.39, 0.29) is 11.7 Å². The fourth-order valence-corrected chi connectivity index (χ4v) is 4.33. The lowest BCUT2D eigenvalue weighted by atomic mass is 10.2. The van der Waals surface area contributed by atoms with Crippen LogP contribution in [-0.4, -0.2) is 68.3 Å². The molecule has 1 saturated heterocycles. The third-order valence-electron chi connectivity index (χ3n) is 4.87. The zero-order chi connectivity index (χ0) is 19.9. The number of thiophene rings is 1. The molecule has 0 bridgehead atoms. The van der Waals surface area contributed by atoms with Crippen molar-refractivity contribution in [1.82, 2.24) is 9.80 Å². The number of nitrogens with zero attached hydrogens (tertiary/aromatic N) is 2. The lowest BCUT2D eigenvalue weighted by Crippen LogP contribution is -2.51. The first-order chi connectivity index (χ1) is 13.6. The lowest BCUT2D eigenvalue weighted by Gasteiger charge is -2.35. The van der Waals surface area contributed by atoms with Crippen LogP contribution in [0.1, 0.15) is 11.8 Å². The number of amides is 1. The van der Waals surface area contributed by atoms with Gasteiger partial charge in [0.25, 0.3) is 5.91 Å². The van der Waals surface area contributed by atoms with Gasteiger partial charge in [0.2, 0.25) is 0 Å². The van der Waals surface area contributed by atoms with Gasteiger partial charge < -0.3 is 14.4 Å². The minimum absolute atomic E-state index is 0.0358. The van der Waals surface area contributed by atoms with Crippen molar-refractivity contribution in [2.45, 2.75) is 19.6 Å². The summed E-state index contributed by atoms with van der Waals surface area (Å²) in [6, 6.07) is 10.9. The van der Waals surface area contributed by atoms with Crippen molar-refractivity contribution in [2.75, 3.05) is 46.5 Å². The van der Waals surface area contributed by atoms with Gasteiger partial charge in [-0.15, -0.1) is 11.3 Å². The number of hydrogen-bond acceptors (Lipinski definition) is 5. The molecule has 152 valence electrons. The van der Waals surface area contributed by atoms with Crippen molar-refractivity contribution in [3.05, 3.63) is 47.1 Å². The average molecular weight is 407 g/mol. The van der Waals surface area contributed by atoms with Crippen LogP contribution in [-0.2, 0) is 20.8 Å². The van der Waals surface area contributed by atoms with Crippen molar-refractivity contribution in [2.24, 2.45) is 0 Å². The van der Waals surface area contributed by atoms with E-state index in [4.69, 9.17) is 9.47 Å². The van der Waals surface area contributed by atoms with Crippen LogP contribution in [0.25, 0.3) is 10.4 Å². The second kappa shape index (κ2) is 10.1. The SMILES string of the molecule is COCCOC(C)C(=O)N1CCN(Cc2ccc(-c3ccccc3F)s2)CC1. The highest BCUT2D eigenvalue weighted by molar-refractivity contribution is 7.15. The maximum absolute atomic E-state index is 14.0. The zero-order valence-corrected chi connectivity index (χ0v) is 17.2. The molecule has 1 fully saturated rings. The summed E-state index contributed by atoms with van der Waals surface area (Å²) in [5, 5.41) is 0. The fourth-order valence-electron chi connectivity index (χ4n) is 3.25. The van der Waals surface area contributed by atoms with Gasteiger partial charge in [-0.05, 0) is 25.1 Å². The summed E-state index contributed by atoms with van der Waals surface area (Å²) in [6.45, 7) is 6.56. The van der Waals surface area contributed by atoms with Crippen LogP contribution in [0.5, 0.6) is 0 Å². The number of methoxy groups -OCH3 is 1. The summed E-state index contributed by atoms with van der Waals surface area (Å²) in [7, 11) is 1.61. The third kappa shape index (κ3) is 5.38. The van der Waals surface area contributed by atoms with Crippen molar-refractivity contribution in [3.63, 3.8) is 0 Å². The largest absolute Gasteiger partial charge is 0.382 e. The fraction of sp³-hybridized carbons (Fsp3) is 0.476. The number of ether oxygens (including phenoxy) is 2. The molecule has 1 aromatic carbocycles. The topological polar surface area (TPSA) is 42.0 Å². The Morgan fingerprint density at radius 1 is 1.14 bits per heavy atom. The smallest absolute Gasteiger partial charge is 0.251 e. The molecule has 2 aromatic rings. The van der Waals surface area contributed by atoms with Gasteiger partial charge in [-0.25, -0.2) is 4.39 Å². The Balaban J connectivity index is 1.48. The summed E-state index contributed by atoms with van der Waals surface area (Å²) in [5.74, 6) is -0.154. The Morgan fingerprint density at radius 3 is 2.61 bits per heavy atom. The molecule has 1 aliphatic rings. The van der Waals surface area contributed by atoms with E-state index in [9.17, 15) is 9.18 Å². The molecule has 3 rings (SSSR count). The molecule has 28 heavy (non-hydrogen) atoms. The highest BCUT2D eigenvalue weighted by Gasteiger charge is 2.25. The van der Waals surface area contributed by atoms with Crippen molar-refractivity contribution in [1.29, 1.82) is 0 Å². The second-order valence-electron chi connectivity index (χ2n) is 6.85. The van der Waals surface area contributed by atoms with Crippen molar-refractivity contribution >= 4 is 17.2 Å². The maximum Gasteiger partial charge on any atom is 0.251 e. The summed E-state index contributed by atoms with van der Waals surface area (Å²) in [4.78, 5) is 18.8. The maximum atomic E-state index is 14.0. The average Bonchev–Trinajstić information content (AvgIpc) is 3.16. The number of carbonyl (C=O) groups excluding carboxylic acids is 1.